The largest absolute Gasteiger partial charge is 0.361 e. The van der Waals surface area contributed by atoms with E-state index in [1.54, 1.807) is 6.92 Å². The van der Waals surface area contributed by atoms with Crippen LogP contribution in [0.25, 0.3) is 10.9 Å². The Morgan fingerprint density at radius 3 is 2.38 bits per heavy atom. The third kappa shape index (κ3) is 6.44. The van der Waals surface area contributed by atoms with Crippen LogP contribution in [0.3, 0.4) is 0 Å². The Morgan fingerprint density at radius 1 is 1.00 bits per heavy atom. The van der Waals surface area contributed by atoms with E-state index >= 15 is 0 Å². The van der Waals surface area contributed by atoms with Gasteiger partial charge >= 0.3 is 0 Å². The molecule has 0 spiro atoms. The first-order valence-electron chi connectivity index (χ1n) is 11.4. The number of para-hydroxylation sites is 1. The molecule has 0 radical (unpaired) electrons. The smallest absolute Gasteiger partial charge is 0.234 e. The monoisotopic (exact) mass is 434 g/mol. The van der Waals surface area contributed by atoms with Crippen LogP contribution in [0.4, 0.5) is 0 Å². The van der Waals surface area contributed by atoms with Crippen LogP contribution in [0.5, 0.6) is 0 Å². The fourth-order valence-corrected chi connectivity index (χ4v) is 4.03. The number of aromatic nitrogens is 1. The number of amides is 2. The molecule has 6 heteroatoms. The molecule has 2 aromatic carbocycles. The third-order valence-electron chi connectivity index (χ3n) is 5.87. The molecule has 1 atom stereocenters. The van der Waals surface area contributed by atoms with Crippen molar-refractivity contribution in [3.8, 4) is 0 Å². The van der Waals surface area contributed by atoms with Crippen LogP contribution >= 0.6 is 0 Å². The Hall–Kier alpha value is -3.12. The van der Waals surface area contributed by atoms with Crippen molar-refractivity contribution < 1.29 is 9.59 Å². The van der Waals surface area contributed by atoms with Crippen molar-refractivity contribution in [2.24, 2.45) is 0 Å². The number of carbonyl (C=O) groups excluding carboxylic acids is 2. The summed E-state index contributed by atoms with van der Waals surface area (Å²) in [6, 6.07) is 17.9. The predicted octanol–water partition coefficient (Wildman–Crippen LogP) is 3.59. The number of hydrogen-bond donors (Lipinski definition) is 2. The maximum absolute atomic E-state index is 12.8. The SMILES string of the molecule is CCN(CC)CC(=O)N[C@H](Cc1c[nH]c2ccccc12)CN(Cc1ccccc1)C(C)=O. The van der Waals surface area contributed by atoms with Gasteiger partial charge in [0.15, 0.2) is 0 Å². The highest BCUT2D eigenvalue weighted by Crippen LogP contribution is 2.20. The van der Waals surface area contributed by atoms with Gasteiger partial charge in [-0.05, 0) is 36.7 Å². The van der Waals surface area contributed by atoms with E-state index in [1.807, 2.05) is 59.6 Å². The van der Waals surface area contributed by atoms with Crippen molar-refractivity contribution in [3.63, 3.8) is 0 Å². The highest BCUT2D eigenvalue weighted by molar-refractivity contribution is 5.83. The minimum Gasteiger partial charge on any atom is -0.361 e. The molecule has 0 saturated heterocycles. The quantitative estimate of drug-likeness (QED) is 0.485. The summed E-state index contributed by atoms with van der Waals surface area (Å²) in [6.45, 7) is 8.67. The van der Waals surface area contributed by atoms with Crippen molar-refractivity contribution in [2.75, 3.05) is 26.2 Å². The van der Waals surface area contributed by atoms with Crippen molar-refractivity contribution in [1.29, 1.82) is 0 Å². The molecule has 0 aliphatic heterocycles. The van der Waals surface area contributed by atoms with Gasteiger partial charge in [-0.3, -0.25) is 14.5 Å². The van der Waals surface area contributed by atoms with E-state index in [0.717, 1.165) is 35.1 Å². The van der Waals surface area contributed by atoms with Crippen LogP contribution in [0.15, 0.2) is 60.8 Å². The number of rotatable bonds is 11. The number of aromatic amines is 1. The Labute approximate surface area is 190 Å². The summed E-state index contributed by atoms with van der Waals surface area (Å²) in [5, 5.41) is 4.35. The maximum Gasteiger partial charge on any atom is 0.234 e. The number of nitrogens with one attached hydrogen (secondary N) is 2. The third-order valence-corrected chi connectivity index (χ3v) is 5.87. The van der Waals surface area contributed by atoms with Gasteiger partial charge in [-0.15, -0.1) is 0 Å². The zero-order valence-electron chi connectivity index (χ0n) is 19.3. The van der Waals surface area contributed by atoms with E-state index in [-0.39, 0.29) is 17.9 Å². The highest BCUT2D eigenvalue weighted by Gasteiger charge is 2.21. The standard InChI is InChI=1S/C26H34N4O2/c1-4-29(5-2)19-26(32)28-23(15-22-16-27-25-14-10-9-13-24(22)25)18-30(20(3)31)17-21-11-7-6-8-12-21/h6-14,16,23,27H,4-5,15,17-19H2,1-3H3,(H,28,32)/t23-/m1/s1. The van der Waals surface area contributed by atoms with Gasteiger partial charge in [-0.25, -0.2) is 0 Å². The van der Waals surface area contributed by atoms with Crippen LogP contribution in [-0.4, -0.2) is 58.8 Å². The van der Waals surface area contributed by atoms with Gasteiger partial charge in [0.05, 0.1) is 12.6 Å². The Balaban J connectivity index is 1.79. The zero-order chi connectivity index (χ0) is 22.9. The molecule has 3 aromatic rings. The first-order chi connectivity index (χ1) is 15.5. The van der Waals surface area contributed by atoms with Gasteiger partial charge in [-0.1, -0.05) is 62.4 Å². The highest BCUT2D eigenvalue weighted by atomic mass is 16.2. The molecule has 0 saturated carbocycles. The topological polar surface area (TPSA) is 68.4 Å². The van der Waals surface area contributed by atoms with E-state index in [2.05, 4.69) is 35.1 Å². The Kier molecular flexibility index (Phi) is 8.45. The number of hydrogen-bond acceptors (Lipinski definition) is 3. The van der Waals surface area contributed by atoms with E-state index in [0.29, 0.717) is 26.1 Å². The normalized spacial score (nSPS) is 12.1. The summed E-state index contributed by atoms with van der Waals surface area (Å²) in [5.41, 5.74) is 3.28. The van der Waals surface area contributed by atoms with Crippen LogP contribution in [0.1, 0.15) is 31.9 Å². The van der Waals surface area contributed by atoms with Gasteiger partial charge in [0.1, 0.15) is 0 Å². The molecular weight excluding hydrogens is 400 g/mol. The number of H-pyrrole nitrogens is 1. The van der Waals surface area contributed by atoms with Gasteiger partial charge in [0.2, 0.25) is 11.8 Å². The fraction of sp³-hybridized carbons (Fsp3) is 0.385. The number of nitrogens with zero attached hydrogens (tertiary/aromatic N) is 2. The molecule has 0 aliphatic carbocycles. The lowest BCUT2D eigenvalue weighted by Crippen LogP contribution is -2.49. The average Bonchev–Trinajstić information content (AvgIpc) is 3.20. The number of carbonyl (C=O) groups is 2. The summed E-state index contributed by atoms with van der Waals surface area (Å²) in [4.78, 5) is 32.5. The van der Waals surface area contributed by atoms with E-state index in [4.69, 9.17) is 0 Å². The fourth-order valence-electron chi connectivity index (χ4n) is 4.03. The first kappa shape index (κ1) is 23.5. The molecule has 0 unspecified atom stereocenters. The Morgan fingerprint density at radius 2 is 1.69 bits per heavy atom. The maximum atomic E-state index is 12.8. The van der Waals surface area contributed by atoms with Gasteiger partial charge in [0.25, 0.3) is 0 Å². The van der Waals surface area contributed by atoms with Crippen molar-refractivity contribution in [3.05, 3.63) is 71.9 Å². The van der Waals surface area contributed by atoms with Gasteiger partial charge in [0, 0.05) is 37.1 Å². The summed E-state index contributed by atoms with van der Waals surface area (Å²) in [5.74, 6) is -0.0162. The van der Waals surface area contributed by atoms with Crippen molar-refractivity contribution in [1.82, 2.24) is 20.1 Å². The summed E-state index contributed by atoms with van der Waals surface area (Å²) >= 11 is 0. The number of fused-ring (bicyclic) bond motifs is 1. The van der Waals surface area contributed by atoms with Gasteiger partial charge < -0.3 is 15.2 Å². The van der Waals surface area contributed by atoms with Crippen LogP contribution < -0.4 is 5.32 Å². The molecule has 170 valence electrons. The van der Waals surface area contributed by atoms with Crippen molar-refractivity contribution >= 4 is 22.7 Å². The minimum atomic E-state index is -0.190. The van der Waals surface area contributed by atoms with Crippen molar-refractivity contribution in [2.45, 2.75) is 39.8 Å². The lowest BCUT2D eigenvalue weighted by molar-refractivity contribution is -0.131. The summed E-state index contributed by atoms with van der Waals surface area (Å²) < 4.78 is 0. The lowest BCUT2D eigenvalue weighted by Gasteiger charge is -2.28. The second-order valence-corrected chi connectivity index (χ2v) is 8.17. The molecule has 0 fully saturated rings. The summed E-state index contributed by atoms with van der Waals surface area (Å²) in [7, 11) is 0. The summed E-state index contributed by atoms with van der Waals surface area (Å²) in [6.07, 6.45) is 2.65. The molecule has 2 amide bonds. The van der Waals surface area contributed by atoms with Gasteiger partial charge in [-0.2, -0.15) is 0 Å². The molecular formula is C26H34N4O2. The van der Waals surface area contributed by atoms with Crippen LogP contribution in [0, 0.1) is 0 Å². The van der Waals surface area contributed by atoms with E-state index in [1.165, 1.54) is 0 Å². The average molecular weight is 435 g/mol. The molecule has 2 N–H and O–H groups in total. The molecule has 6 nitrogen and oxygen atoms in total. The molecule has 1 aromatic heterocycles. The lowest BCUT2D eigenvalue weighted by atomic mass is 10.0. The van der Waals surface area contributed by atoms with E-state index in [9.17, 15) is 9.59 Å². The molecule has 1 heterocycles. The first-order valence-corrected chi connectivity index (χ1v) is 11.4. The Bertz CT molecular complexity index is 1010. The van der Waals surface area contributed by atoms with Crippen LogP contribution in [-0.2, 0) is 22.6 Å². The predicted molar refractivity (Wildman–Crippen MR) is 129 cm³/mol. The molecule has 3 rings (SSSR count). The second kappa shape index (κ2) is 11.5. The number of benzene rings is 2. The second-order valence-electron chi connectivity index (χ2n) is 8.17. The van der Waals surface area contributed by atoms with E-state index < -0.39 is 0 Å². The zero-order valence-corrected chi connectivity index (χ0v) is 19.3. The molecule has 32 heavy (non-hydrogen) atoms. The number of likely N-dealkylation sites (N-methyl/N-ethyl adjacent to an activating group) is 1. The van der Waals surface area contributed by atoms with Crippen LogP contribution in [0.2, 0.25) is 0 Å². The molecule has 0 bridgehead atoms. The minimum absolute atomic E-state index is 0.00392. The molecule has 0 aliphatic rings.